The summed E-state index contributed by atoms with van der Waals surface area (Å²) in [4.78, 5) is 13.7. The second-order valence-electron chi connectivity index (χ2n) is 5.45. The van der Waals surface area contributed by atoms with Crippen molar-refractivity contribution in [2.45, 2.75) is 53.1 Å². The Morgan fingerprint density at radius 2 is 2.00 bits per heavy atom. The lowest BCUT2D eigenvalue weighted by Gasteiger charge is -2.23. The Morgan fingerprint density at radius 1 is 1.30 bits per heavy atom. The SMILES string of the molecule is CCCC(C)N(C)Cc1nc(Cl)c2c(C)c(C)sc2n1. The number of thiophene rings is 1. The molecule has 3 nitrogen and oxygen atoms in total. The van der Waals surface area contributed by atoms with E-state index in [0.29, 0.717) is 11.2 Å². The van der Waals surface area contributed by atoms with Crippen LogP contribution in [-0.4, -0.2) is 28.0 Å². The summed E-state index contributed by atoms with van der Waals surface area (Å²) < 4.78 is 0. The van der Waals surface area contributed by atoms with Gasteiger partial charge in [0.2, 0.25) is 0 Å². The van der Waals surface area contributed by atoms with Crippen molar-refractivity contribution in [3.8, 4) is 0 Å². The van der Waals surface area contributed by atoms with Crippen LogP contribution in [-0.2, 0) is 6.54 Å². The second-order valence-corrected chi connectivity index (χ2v) is 7.01. The van der Waals surface area contributed by atoms with E-state index in [1.165, 1.54) is 23.3 Å². The lowest BCUT2D eigenvalue weighted by atomic mass is 10.2. The van der Waals surface area contributed by atoms with Crippen molar-refractivity contribution in [1.82, 2.24) is 14.9 Å². The average molecular weight is 312 g/mol. The van der Waals surface area contributed by atoms with Crippen LogP contribution in [0.2, 0.25) is 5.15 Å². The van der Waals surface area contributed by atoms with E-state index in [9.17, 15) is 0 Å². The van der Waals surface area contributed by atoms with Gasteiger partial charge in [-0.25, -0.2) is 9.97 Å². The number of nitrogens with zero attached hydrogens (tertiary/aromatic N) is 3. The first kappa shape index (κ1) is 15.7. The molecule has 0 fully saturated rings. The number of hydrogen-bond acceptors (Lipinski definition) is 4. The smallest absolute Gasteiger partial charge is 0.145 e. The van der Waals surface area contributed by atoms with E-state index in [1.54, 1.807) is 11.3 Å². The fraction of sp³-hybridized carbons (Fsp3) is 0.600. The maximum Gasteiger partial charge on any atom is 0.145 e. The monoisotopic (exact) mass is 311 g/mol. The molecule has 20 heavy (non-hydrogen) atoms. The number of hydrogen-bond donors (Lipinski definition) is 0. The summed E-state index contributed by atoms with van der Waals surface area (Å²) in [6, 6.07) is 0.532. The Bertz CT molecular complexity index is 609. The van der Waals surface area contributed by atoms with Crippen LogP contribution in [0.3, 0.4) is 0 Å². The van der Waals surface area contributed by atoms with E-state index in [1.807, 2.05) is 0 Å². The Morgan fingerprint density at radius 3 is 2.65 bits per heavy atom. The van der Waals surface area contributed by atoms with Gasteiger partial charge in [-0.3, -0.25) is 4.90 Å². The van der Waals surface area contributed by atoms with Gasteiger partial charge in [-0.05, 0) is 39.8 Å². The first-order chi connectivity index (χ1) is 9.43. The Labute approximate surface area is 130 Å². The predicted molar refractivity (Wildman–Crippen MR) is 87.7 cm³/mol. The molecule has 0 aliphatic heterocycles. The summed E-state index contributed by atoms with van der Waals surface area (Å²) >= 11 is 8.04. The Hall–Kier alpha value is -0.710. The van der Waals surface area contributed by atoms with Gasteiger partial charge in [0, 0.05) is 10.9 Å². The van der Waals surface area contributed by atoms with Gasteiger partial charge in [-0.1, -0.05) is 24.9 Å². The van der Waals surface area contributed by atoms with Crippen molar-refractivity contribution in [3.05, 3.63) is 21.4 Å². The molecule has 110 valence electrons. The summed E-state index contributed by atoms with van der Waals surface area (Å²) in [7, 11) is 2.12. The van der Waals surface area contributed by atoms with Gasteiger partial charge >= 0.3 is 0 Å². The third-order valence-corrected chi connectivity index (χ3v) is 5.26. The zero-order valence-electron chi connectivity index (χ0n) is 12.8. The van der Waals surface area contributed by atoms with E-state index < -0.39 is 0 Å². The maximum atomic E-state index is 6.34. The van der Waals surface area contributed by atoms with Gasteiger partial charge in [0.15, 0.2) is 0 Å². The lowest BCUT2D eigenvalue weighted by Crippen LogP contribution is -2.29. The predicted octanol–water partition coefficient (Wildman–Crippen LogP) is 4.58. The normalized spacial score (nSPS) is 13.3. The average Bonchev–Trinajstić information content (AvgIpc) is 2.65. The standard InChI is InChI=1S/C15H22ClN3S/c1-6-7-9(2)19(5)8-12-17-14(16)13-10(3)11(4)20-15(13)18-12/h9H,6-8H2,1-5H3. The van der Waals surface area contributed by atoms with Crippen LogP contribution in [0.1, 0.15) is 43.0 Å². The van der Waals surface area contributed by atoms with Gasteiger partial charge in [0.1, 0.15) is 15.8 Å². The van der Waals surface area contributed by atoms with Gasteiger partial charge in [-0.15, -0.1) is 11.3 Å². The number of aromatic nitrogens is 2. The molecule has 0 aliphatic carbocycles. The summed E-state index contributed by atoms with van der Waals surface area (Å²) in [6.45, 7) is 9.38. The summed E-state index contributed by atoms with van der Waals surface area (Å²) in [5, 5.41) is 1.60. The van der Waals surface area contributed by atoms with Gasteiger partial charge in [0.25, 0.3) is 0 Å². The van der Waals surface area contributed by atoms with Crippen LogP contribution in [0.4, 0.5) is 0 Å². The van der Waals surface area contributed by atoms with Gasteiger partial charge in [0.05, 0.1) is 11.9 Å². The molecule has 1 atom stereocenters. The van der Waals surface area contributed by atoms with Crippen LogP contribution in [0, 0.1) is 13.8 Å². The van der Waals surface area contributed by atoms with E-state index in [2.05, 4.69) is 49.6 Å². The molecule has 2 rings (SSSR count). The van der Waals surface area contributed by atoms with Gasteiger partial charge < -0.3 is 0 Å². The summed E-state index contributed by atoms with van der Waals surface area (Å²) in [5.74, 6) is 0.814. The molecule has 0 amide bonds. The molecule has 0 N–H and O–H groups in total. The molecule has 5 heteroatoms. The Kier molecular flexibility index (Phi) is 4.99. The fourth-order valence-corrected chi connectivity index (χ4v) is 3.76. The second kappa shape index (κ2) is 6.37. The third-order valence-electron chi connectivity index (χ3n) is 3.88. The quantitative estimate of drug-likeness (QED) is 0.757. The highest BCUT2D eigenvalue weighted by Crippen LogP contribution is 2.33. The van der Waals surface area contributed by atoms with Crippen molar-refractivity contribution < 1.29 is 0 Å². The Balaban J connectivity index is 2.28. The van der Waals surface area contributed by atoms with E-state index in [-0.39, 0.29) is 0 Å². The fourth-order valence-electron chi connectivity index (χ4n) is 2.33. The third kappa shape index (κ3) is 3.13. The molecule has 0 aliphatic rings. The molecular weight excluding hydrogens is 290 g/mol. The first-order valence-electron chi connectivity index (χ1n) is 7.06. The summed E-state index contributed by atoms with van der Waals surface area (Å²) in [5.41, 5.74) is 1.20. The zero-order chi connectivity index (χ0) is 14.9. The van der Waals surface area contributed by atoms with Crippen molar-refractivity contribution in [2.24, 2.45) is 0 Å². The van der Waals surface area contributed by atoms with E-state index in [0.717, 1.165) is 22.6 Å². The van der Waals surface area contributed by atoms with Crippen molar-refractivity contribution in [3.63, 3.8) is 0 Å². The van der Waals surface area contributed by atoms with E-state index in [4.69, 9.17) is 11.6 Å². The minimum Gasteiger partial charge on any atom is -0.296 e. The number of rotatable bonds is 5. The molecule has 2 aromatic rings. The highest BCUT2D eigenvalue weighted by Gasteiger charge is 2.15. The minimum absolute atomic E-state index is 0.532. The molecule has 0 saturated carbocycles. The van der Waals surface area contributed by atoms with Crippen LogP contribution in [0.25, 0.3) is 10.2 Å². The number of aryl methyl sites for hydroxylation is 2. The highest BCUT2D eigenvalue weighted by atomic mass is 35.5. The van der Waals surface area contributed by atoms with Crippen molar-refractivity contribution >= 4 is 33.2 Å². The van der Waals surface area contributed by atoms with Gasteiger partial charge in [-0.2, -0.15) is 0 Å². The molecule has 0 radical (unpaired) electrons. The lowest BCUT2D eigenvalue weighted by molar-refractivity contribution is 0.231. The molecule has 0 spiro atoms. The molecule has 2 heterocycles. The largest absolute Gasteiger partial charge is 0.296 e. The first-order valence-corrected chi connectivity index (χ1v) is 8.25. The zero-order valence-corrected chi connectivity index (χ0v) is 14.4. The number of fused-ring (bicyclic) bond motifs is 1. The topological polar surface area (TPSA) is 29.0 Å². The van der Waals surface area contributed by atoms with Crippen LogP contribution >= 0.6 is 22.9 Å². The molecule has 0 aromatic carbocycles. The molecule has 2 aromatic heterocycles. The van der Waals surface area contributed by atoms with E-state index >= 15 is 0 Å². The van der Waals surface area contributed by atoms with Crippen molar-refractivity contribution in [2.75, 3.05) is 7.05 Å². The van der Waals surface area contributed by atoms with Crippen LogP contribution in [0.5, 0.6) is 0 Å². The highest BCUT2D eigenvalue weighted by molar-refractivity contribution is 7.18. The number of halogens is 1. The summed E-state index contributed by atoms with van der Waals surface area (Å²) in [6.07, 6.45) is 2.37. The molecule has 1 unspecified atom stereocenters. The maximum absolute atomic E-state index is 6.34. The van der Waals surface area contributed by atoms with Crippen LogP contribution in [0.15, 0.2) is 0 Å². The minimum atomic E-state index is 0.532. The molecular formula is C15H22ClN3S. The molecule has 0 bridgehead atoms. The van der Waals surface area contributed by atoms with Crippen molar-refractivity contribution in [1.29, 1.82) is 0 Å². The van der Waals surface area contributed by atoms with Crippen LogP contribution < -0.4 is 0 Å². The molecule has 0 saturated heterocycles.